The van der Waals surface area contributed by atoms with E-state index in [2.05, 4.69) is 16.2 Å². The molecule has 22 heavy (non-hydrogen) atoms. The van der Waals surface area contributed by atoms with Gasteiger partial charge in [0.1, 0.15) is 5.82 Å². The molecule has 2 aromatic carbocycles. The van der Waals surface area contributed by atoms with Gasteiger partial charge in [0.15, 0.2) is 5.11 Å². The van der Waals surface area contributed by atoms with Crippen LogP contribution in [0.1, 0.15) is 0 Å². The van der Waals surface area contributed by atoms with Gasteiger partial charge in [0.05, 0.1) is 11.4 Å². The number of benzene rings is 2. The van der Waals surface area contributed by atoms with Crippen molar-refractivity contribution in [2.45, 2.75) is 4.90 Å². The molecule has 0 aliphatic carbocycles. The summed E-state index contributed by atoms with van der Waals surface area (Å²) < 4.78 is 13.4. The maximum atomic E-state index is 13.4. The van der Waals surface area contributed by atoms with Crippen molar-refractivity contribution in [3.05, 3.63) is 60.4 Å². The molecule has 2 rings (SSSR count). The van der Waals surface area contributed by atoms with Gasteiger partial charge in [0.2, 0.25) is 5.91 Å². The summed E-state index contributed by atoms with van der Waals surface area (Å²) in [6.45, 7) is 0. The molecule has 0 bridgehead atoms. The third kappa shape index (κ3) is 5.34. The van der Waals surface area contributed by atoms with Gasteiger partial charge in [-0.2, -0.15) is 0 Å². The summed E-state index contributed by atoms with van der Waals surface area (Å²) >= 11 is 6.39. The molecule has 3 N–H and O–H groups in total. The lowest BCUT2D eigenvalue weighted by Gasteiger charge is -2.11. The van der Waals surface area contributed by atoms with Crippen LogP contribution in [0.5, 0.6) is 0 Å². The van der Waals surface area contributed by atoms with Crippen LogP contribution in [0.2, 0.25) is 0 Å². The van der Waals surface area contributed by atoms with Gasteiger partial charge >= 0.3 is 0 Å². The first-order valence-electron chi connectivity index (χ1n) is 6.43. The number of rotatable bonds is 4. The zero-order valence-corrected chi connectivity index (χ0v) is 13.1. The third-order valence-corrected chi connectivity index (χ3v) is 3.77. The Morgan fingerprint density at radius 1 is 1.05 bits per heavy atom. The molecule has 0 fully saturated rings. The normalized spacial score (nSPS) is 9.86. The Labute approximate surface area is 137 Å². The molecule has 0 radical (unpaired) electrons. The highest BCUT2D eigenvalue weighted by molar-refractivity contribution is 8.00. The molecule has 7 heteroatoms. The lowest BCUT2D eigenvalue weighted by atomic mass is 10.3. The Morgan fingerprint density at radius 2 is 1.73 bits per heavy atom. The van der Waals surface area contributed by atoms with Crippen LogP contribution in [0, 0.1) is 5.82 Å². The molecule has 0 aromatic heterocycles. The molecule has 0 saturated carbocycles. The molecule has 0 aliphatic heterocycles. The second-order valence-corrected chi connectivity index (χ2v) is 5.67. The first-order valence-corrected chi connectivity index (χ1v) is 7.83. The van der Waals surface area contributed by atoms with E-state index < -0.39 is 5.82 Å². The van der Waals surface area contributed by atoms with Crippen LogP contribution in [0.25, 0.3) is 0 Å². The number of hydrogen-bond acceptors (Lipinski definition) is 3. The smallest absolute Gasteiger partial charge is 0.248 e. The average molecular weight is 335 g/mol. The van der Waals surface area contributed by atoms with E-state index in [-0.39, 0.29) is 22.5 Å². The van der Waals surface area contributed by atoms with Gasteiger partial charge in [-0.1, -0.05) is 30.3 Å². The molecule has 2 aromatic rings. The number of thioether (sulfide) groups is 1. The number of amides is 1. The van der Waals surface area contributed by atoms with E-state index in [4.69, 9.17) is 12.2 Å². The molecule has 0 unspecified atom stereocenters. The van der Waals surface area contributed by atoms with Crippen molar-refractivity contribution in [1.29, 1.82) is 0 Å². The molecule has 1 amide bonds. The minimum atomic E-state index is -0.419. The maximum absolute atomic E-state index is 13.4. The van der Waals surface area contributed by atoms with E-state index in [1.807, 2.05) is 30.3 Å². The SMILES string of the molecule is O=C(CSc1ccccc1)NNC(=S)Nc1ccccc1F. The minimum absolute atomic E-state index is 0.114. The number of carbonyl (C=O) groups is 1. The monoisotopic (exact) mass is 335 g/mol. The van der Waals surface area contributed by atoms with E-state index in [9.17, 15) is 9.18 Å². The highest BCUT2D eigenvalue weighted by Gasteiger charge is 2.05. The van der Waals surface area contributed by atoms with Gasteiger partial charge in [0.25, 0.3) is 0 Å². The summed E-state index contributed by atoms with van der Waals surface area (Å²) in [7, 11) is 0. The maximum Gasteiger partial charge on any atom is 0.248 e. The van der Waals surface area contributed by atoms with Crippen LogP contribution < -0.4 is 16.2 Å². The molecule has 0 heterocycles. The number of hydrogen-bond donors (Lipinski definition) is 3. The van der Waals surface area contributed by atoms with Crippen LogP contribution >= 0.6 is 24.0 Å². The highest BCUT2D eigenvalue weighted by atomic mass is 32.2. The fraction of sp³-hybridized carbons (Fsp3) is 0.0667. The fourth-order valence-corrected chi connectivity index (χ4v) is 2.42. The number of halogens is 1. The van der Waals surface area contributed by atoms with Crippen LogP contribution in [-0.2, 0) is 4.79 Å². The van der Waals surface area contributed by atoms with Crippen molar-refractivity contribution < 1.29 is 9.18 Å². The predicted molar refractivity (Wildman–Crippen MR) is 91.1 cm³/mol. The van der Waals surface area contributed by atoms with Crippen molar-refractivity contribution in [3.8, 4) is 0 Å². The van der Waals surface area contributed by atoms with Crippen molar-refractivity contribution in [2.75, 3.05) is 11.1 Å². The van der Waals surface area contributed by atoms with E-state index in [1.54, 1.807) is 18.2 Å². The zero-order chi connectivity index (χ0) is 15.8. The Morgan fingerprint density at radius 3 is 2.45 bits per heavy atom. The Balaban J connectivity index is 1.72. The summed E-state index contributed by atoms with van der Waals surface area (Å²) in [4.78, 5) is 12.7. The van der Waals surface area contributed by atoms with E-state index in [1.165, 1.54) is 17.8 Å². The summed E-state index contributed by atoms with van der Waals surface area (Å²) in [6.07, 6.45) is 0. The van der Waals surface area contributed by atoms with Gasteiger partial charge in [0, 0.05) is 4.90 Å². The number of anilines is 1. The lowest BCUT2D eigenvalue weighted by molar-refractivity contribution is -0.119. The van der Waals surface area contributed by atoms with Crippen LogP contribution in [-0.4, -0.2) is 16.8 Å². The van der Waals surface area contributed by atoms with Crippen molar-refractivity contribution in [3.63, 3.8) is 0 Å². The standard InChI is InChI=1S/C15H14FN3OS2/c16-12-8-4-5-9-13(12)17-15(21)19-18-14(20)10-22-11-6-2-1-3-7-11/h1-9H,10H2,(H,18,20)(H2,17,19,21). The molecule has 4 nitrogen and oxygen atoms in total. The van der Waals surface area contributed by atoms with Crippen LogP contribution in [0.4, 0.5) is 10.1 Å². The van der Waals surface area contributed by atoms with Crippen LogP contribution in [0.15, 0.2) is 59.5 Å². The lowest BCUT2D eigenvalue weighted by Crippen LogP contribution is -2.44. The van der Waals surface area contributed by atoms with E-state index >= 15 is 0 Å². The molecule has 0 aliphatic rings. The van der Waals surface area contributed by atoms with Gasteiger partial charge in [-0.3, -0.25) is 15.6 Å². The van der Waals surface area contributed by atoms with Gasteiger partial charge < -0.3 is 5.32 Å². The Hall–Kier alpha value is -2.12. The summed E-state index contributed by atoms with van der Waals surface area (Å²) in [5.41, 5.74) is 5.24. The zero-order valence-electron chi connectivity index (χ0n) is 11.5. The highest BCUT2D eigenvalue weighted by Crippen LogP contribution is 2.16. The second kappa shape index (κ2) is 8.35. The number of thiocarbonyl (C=S) groups is 1. The fourth-order valence-electron chi connectivity index (χ4n) is 1.54. The largest absolute Gasteiger partial charge is 0.329 e. The minimum Gasteiger partial charge on any atom is -0.329 e. The summed E-state index contributed by atoms with van der Waals surface area (Å²) in [5, 5.41) is 2.78. The molecule has 0 atom stereocenters. The Bertz CT molecular complexity index is 652. The van der Waals surface area contributed by atoms with Gasteiger partial charge in [-0.05, 0) is 36.5 Å². The third-order valence-electron chi connectivity index (χ3n) is 2.55. The Kier molecular flexibility index (Phi) is 6.17. The number of nitrogens with one attached hydrogen (secondary N) is 3. The topological polar surface area (TPSA) is 53.2 Å². The van der Waals surface area contributed by atoms with Crippen molar-refractivity contribution in [2.24, 2.45) is 0 Å². The number of hydrazine groups is 1. The van der Waals surface area contributed by atoms with Gasteiger partial charge in [-0.15, -0.1) is 11.8 Å². The van der Waals surface area contributed by atoms with E-state index in [0.717, 1.165) is 4.90 Å². The van der Waals surface area contributed by atoms with Crippen LogP contribution in [0.3, 0.4) is 0 Å². The second-order valence-electron chi connectivity index (χ2n) is 4.21. The number of carbonyl (C=O) groups excluding carboxylic acids is 1. The first kappa shape index (κ1) is 16.3. The van der Waals surface area contributed by atoms with Crippen molar-refractivity contribution >= 4 is 40.7 Å². The van der Waals surface area contributed by atoms with E-state index in [0.29, 0.717) is 0 Å². The molecular formula is C15H14FN3OS2. The summed E-state index contributed by atoms with van der Waals surface area (Å²) in [6, 6.07) is 15.7. The quantitative estimate of drug-likeness (QED) is 0.456. The number of para-hydroxylation sites is 1. The summed E-state index contributed by atoms with van der Waals surface area (Å²) in [5.74, 6) is -0.400. The van der Waals surface area contributed by atoms with Gasteiger partial charge in [-0.25, -0.2) is 4.39 Å². The first-order chi connectivity index (χ1) is 10.6. The molecular weight excluding hydrogens is 321 g/mol. The van der Waals surface area contributed by atoms with Crippen molar-refractivity contribution in [1.82, 2.24) is 10.9 Å². The molecule has 0 spiro atoms. The average Bonchev–Trinajstić information content (AvgIpc) is 2.54. The molecule has 114 valence electrons. The molecule has 0 saturated heterocycles. The predicted octanol–water partition coefficient (Wildman–Crippen LogP) is 2.94.